The van der Waals surface area contributed by atoms with Crippen molar-refractivity contribution in [1.82, 2.24) is 29.8 Å². The summed E-state index contributed by atoms with van der Waals surface area (Å²) in [5.74, 6) is 0.649. The van der Waals surface area contributed by atoms with Gasteiger partial charge in [-0.3, -0.25) is 4.57 Å². The van der Waals surface area contributed by atoms with E-state index in [0.29, 0.717) is 22.8 Å². The molecule has 0 aliphatic heterocycles. The van der Waals surface area contributed by atoms with Gasteiger partial charge in [0.05, 0.1) is 11.8 Å². The highest BCUT2D eigenvalue weighted by atomic mass is 32.2. The number of thioether (sulfide) groups is 1. The average molecular weight is 300 g/mol. The SMILES string of the molecule is FC(F)n1ccnc1CSc1nnnn1C1CCCC1. The normalized spacial score (nSPS) is 16.4. The van der Waals surface area contributed by atoms with E-state index < -0.39 is 6.55 Å². The Morgan fingerprint density at radius 1 is 1.35 bits per heavy atom. The zero-order valence-electron chi connectivity index (χ0n) is 10.7. The standard InChI is InChI=1S/C11H14F2N6S/c12-10(13)18-6-5-14-9(18)7-20-11-15-16-17-19(11)8-3-1-2-4-8/h5-6,8,10H,1-4,7H2. The molecular formula is C11H14F2N6S. The number of rotatable bonds is 5. The van der Waals surface area contributed by atoms with Crippen LogP contribution in [0.25, 0.3) is 0 Å². The number of hydrogen-bond acceptors (Lipinski definition) is 5. The van der Waals surface area contributed by atoms with Crippen LogP contribution in [0.15, 0.2) is 17.6 Å². The lowest BCUT2D eigenvalue weighted by Crippen LogP contribution is -2.09. The first-order chi connectivity index (χ1) is 9.75. The van der Waals surface area contributed by atoms with Gasteiger partial charge >= 0.3 is 6.55 Å². The van der Waals surface area contributed by atoms with Crippen LogP contribution in [-0.4, -0.2) is 29.8 Å². The summed E-state index contributed by atoms with van der Waals surface area (Å²) in [6.07, 6.45) is 7.17. The van der Waals surface area contributed by atoms with Crippen LogP contribution >= 0.6 is 11.8 Å². The highest BCUT2D eigenvalue weighted by Crippen LogP contribution is 2.32. The molecule has 1 saturated carbocycles. The van der Waals surface area contributed by atoms with Gasteiger partial charge in [0.25, 0.3) is 0 Å². The molecule has 0 atom stereocenters. The van der Waals surface area contributed by atoms with E-state index in [1.165, 1.54) is 37.0 Å². The molecule has 0 saturated heterocycles. The molecular weight excluding hydrogens is 286 g/mol. The molecule has 20 heavy (non-hydrogen) atoms. The van der Waals surface area contributed by atoms with Crippen molar-refractivity contribution in [3.63, 3.8) is 0 Å². The van der Waals surface area contributed by atoms with Crippen LogP contribution in [0.4, 0.5) is 8.78 Å². The second-order valence-electron chi connectivity index (χ2n) is 4.66. The van der Waals surface area contributed by atoms with Crippen LogP contribution in [0.2, 0.25) is 0 Å². The van der Waals surface area contributed by atoms with Gasteiger partial charge in [0, 0.05) is 12.4 Å². The van der Waals surface area contributed by atoms with Gasteiger partial charge in [0.2, 0.25) is 5.16 Å². The largest absolute Gasteiger partial charge is 0.319 e. The zero-order chi connectivity index (χ0) is 13.9. The topological polar surface area (TPSA) is 61.4 Å². The molecule has 0 unspecified atom stereocenters. The molecule has 1 aliphatic carbocycles. The monoisotopic (exact) mass is 300 g/mol. The molecule has 1 fully saturated rings. The van der Waals surface area contributed by atoms with Crippen molar-refractivity contribution in [2.45, 2.75) is 49.2 Å². The van der Waals surface area contributed by atoms with E-state index in [9.17, 15) is 8.78 Å². The second-order valence-corrected chi connectivity index (χ2v) is 5.60. The number of alkyl halides is 2. The van der Waals surface area contributed by atoms with Crippen molar-refractivity contribution in [2.24, 2.45) is 0 Å². The van der Waals surface area contributed by atoms with E-state index >= 15 is 0 Å². The van der Waals surface area contributed by atoms with E-state index in [-0.39, 0.29) is 0 Å². The third-order valence-electron chi connectivity index (χ3n) is 3.42. The van der Waals surface area contributed by atoms with Crippen LogP contribution in [0.1, 0.15) is 44.1 Å². The van der Waals surface area contributed by atoms with Crippen molar-refractivity contribution in [3.8, 4) is 0 Å². The van der Waals surface area contributed by atoms with E-state index in [0.717, 1.165) is 17.4 Å². The summed E-state index contributed by atoms with van der Waals surface area (Å²) in [6.45, 7) is -2.57. The van der Waals surface area contributed by atoms with Gasteiger partial charge in [-0.05, 0) is 23.3 Å². The molecule has 2 heterocycles. The minimum absolute atomic E-state index is 0.324. The fraction of sp³-hybridized carbons (Fsp3) is 0.636. The van der Waals surface area contributed by atoms with Crippen molar-refractivity contribution in [1.29, 1.82) is 0 Å². The van der Waals surface area contributed by atoms with Gasteiger partial charge in [-0.25, -0.2) is 9.67 Å². The lowest BCUT2D eigenvalue weighted by Gasteiger charge is -2.11. The number of imidazole rings is 1. The summed E-state index contributed by atoms with van der Waals surface area (Å²) in [4.78, 5) is 3.95. The van der Waals surface area contributed by atoms with E-state index in [2.05, 4.69) is 20.5 Å². The minimum atomic E-state index is -2.57. The van der Waals surface area contributed by atoms with Gasteiger partial charge in [-0.1, -0.05) is 24.6 Å². The Balaban J connectivity index is 1.69. The Hall–Kier alpha value is -1.51. The number of aromatic nitrogens is 6. The maximum Gasteiger partial charge on any atom is 0.319 e. The predicted octanol–water partition coefficient (Wildman–Crippen LogP) is 2.67. The molecule has 0 N–H and O–H groups in total. The predicted molar refractivity (Wildman–Crippen MR) is 68.4 cm³/mol. The van der Waals surface area contributed by atoms with Crippen LogP contribution in [0.5, 0.6) is 0 Å². The first-order valence-corrected chi connectivity index (χ1v) is 7.45. The fourth-order valence-corrected chi connectivity index (χ4v) is 3.31. The zero-order valence-corrected chi connectivity index (χ0v) is 11.5. The molecule has 0 spiro atoms. The number of nitrogens with zero attached hydrogens (tertiary/aromatic N) is 6. The lowest BCUT2D eigenvalue weighted by molar-refractivity contribution is 0.0678. The molecule has 1 aliphatic rings. The Morgan fingerprint density at radius 2 is 2.15 bits per heavy atom. The Bertz CT molecular complexity index is 563. The molecule has 9 heteroatoms. The van der Waals surface area contributed by atoms with Gasteiger partial charge in [0.15, 0.2) is 0 Å². The summed E-state index contributed by atoms with van der Waals surface area (Å²) in [7, 11) is 0. The first kappa shape index (κ1) is 13.5. The van der Waals surface area contributed by atoms with E-state index in [1.54, 1.807) is 0 Å². The Labute approximate surface area is 118 Å². The first-order valence-electron chi connectivity index (χ1n) is 6.46. The second kappa shape index (κ2) is 5.86. The van der Waals surface area contributed by atoms with Crippen molar-refractivity contribution < 1.29 is 8.78 Å². The maximum atomic E-state index is 12.7. The van der Waals surface area contributed by atoms with Crippen LogP contribution in [0, 0.1) is 0 Å². The van der Waals surface area contributed by atoms with Gasteiger partial charge in [-0.15, -0.1) is 5.10 Å². The molecule has 108 valence electrons. The quantitative estimate of drug-likeness (QED) is 0.794. The van der Waals surface area contributed by atoms with Crippen molar-refractivity contribution >= 4 is 11.8 Å². The number of hydrogen-bond donors (Lipinski definition) is 0. The van der Waals surface area contributed by atoms with Crippen LogP contribution in [-0.2, 0) is 5.75 Å². The van der Waals surface area contributed by atoms with Gasteiger partial charge < -0.3 is 0 Å². The van der Waals surface area contributed by atoms with Crippen molar-refractivity contribution in [3.05, 3.63) is 18.2 Å². The number of halogens is 2. The smallest absolute Gasteiger partial charge is 0.277 e. The molecule has 0 aromatic carbocycles. The van der Waals surface area contributed by atoms with Crippen LogP contribution in [0.3, 0.4) is 0 Å². The molecule has 0 radical (unpaired) electrons. The molecule has 2 aromatic heterocycles. The summed E-state index contributed by atoms with van der Waals surface area (Å²) >= 11 is 1.34. The highest BCUT2D eigenvalue weighted by molar-refractivity contribution is 7.98. The molecule has 0 bridgehead atoms. The summed E-state index contributed by atoms with van der Waals surface area (Å²) < 4.78 is 28.1. The summed E-state index contributed by atoms with van der Waals surface area (Å²) in [6, 6.07) is 0.336. The third kappa shape index (κ3) is 2.67. The summed E-state index contributed by atoms with van der Waals surface area (Å²) in [5.41, 5.74) is 0. The Morgan fingerprint density at radius 3 is 2.90 bits per heavy atom. The average Bonchev–Trinajstić information content (AvgIpc) is 3.16. The van der Waals surface area contributed by atoms with Crippen LogP contribution < -0.4 is 0 Å². The maximum absolute atomic E-state index is 12.7. The van der Waals surface area contributed by atoms with Crippen molar-refractivity contribution in [2.75, 3.05) is 0 Å². The third-order valence-corrected chi connectivity index (χ3v) is 4.35. The highest BCUT2D eigenvalue weighted by Gasteiger charge is 2.22. The molecule has 3 rings (SSSR count). The van der Waals surface area contributed by atoms with E-state index in [1.807, 2.05) is 4.68 Å². The Kier molecular flexibility index (Phi) is 3.95. The van der Waals surface area contributed by atoms with Gasteiger partial charge in [0.1, 0.15) is 5.82 Å². The molecule has 2 aromatic rings. The minimum Gasteiger partial charge on any atom is -0.277 e. The molecule has 6 nitrogen and oxygen atoms in total. The lowest BCUT2D eigenvalue weighted by atomic mass is 10.3. The fourth-order valence-electron chi connectivity index (χ4n) is 2.42. The summed E-state index contributed by atoms with van der Waals surface area (Å²) in [5, 5.41) is 12.3. The van der Waals surface area contributed by atoms with Gasteiger partial charge in [-0.2, -0.15) is 8.78 Å². The number of tetrazole rings is 1. The van der Waals surface area contributed by atoms with E-state index in [4.69, 9.17) is 0 Å². The molecule has 0 amide bonds.